The maximum absolute atomic E-state index is 12.5. The van der Waals surface area contributed by atoms with E-state index in [0.717, 1.165) is 37.4 Å². The van der Waals surface area contributed by atoms with Crippen LogP contribution in [0.25, 0.3) is 0 Å². The van der Waals surface area contributed by atoms with Gasteiger partial charge >= 0.3 is 0 Å². The van der Waals surface area contributed by atoms with E-state index in [-0.39, 0.29) is 5.91 Å². The Morgan fingerprint density at radius 1 is 1.17 bits per heavy atom. The summed E-state index contributed by atoms with van der Waals surface area (Å²) in [6.07, 6.45) is 0.925. The normalized spacial score (nSPS) is 23.3. The van der Waals surface area contributed by atoms with Crippen molar-refractivity contribution in [2.24, 2.45) is 11.8 Å². The van der Waals surface area contributed by atoms with Gasteiger partial charge in [0.1, 0.15) is 5.82 Å². The van der Waals surface area contributed by atoms with Crippen LogP contribution >= 0.6 is 0 Å². The number of carbonyl (C=O) groups is 1. The highest BCUT2D eigenvalue weighted by atomic mass is 16.2. The van der Waals surface area contributed by atoms with Crippen LogP contribution in [0.5, 0.6) is 0 Å². The third-order valence-corrected chi connectivity index (χ3v) is 4.95. The lowest BCUT2D eigenvalue weighted by Gasteiger charge is -2.25. The molecule has 2 aromatic rings. The molecular weight excluding hydrogens is 290 g/mol. The molecule has 1 aromatic carbocycles. The number of rotatable bonds is 3. The second kappa shape index (κ2) is 5.77. The van der Waals surface area contributed by atoms with Crippen LogP contribution in [0.1, 0.15) is 22.0 Å². The van der Waals surface area contributed by atoms with E-state index in [0.29, 0.717) is 24.2 Å². The summed E-state index contributed by atoms with van der Waals surface area (Å²) in [4.78, 5) is 14.8. The minimum atomic E-state index is -0.141. The first-order chi connectivity index (χ1) is 11.2. The smallest absolute Gasteiger partial charge is 0.289 e. The standard InChI is InChI=1S/C17H21N5O/c1-21-9-13-7-15-19-20-16(22(15)11-14(13)10-21)17(23)18-8-12-5-3-2-4-6-12/h2-6,13-14H,7-11H2,1H3,(H,18,23)/t13-,14-/m1/s1. The molecule has 120 valence electrons. The largest absolute Gasteiger partial charge is 0.345 e. The van der Waals surface area contributed by atoms with Crippen LogP contribution in [0, 0.1) is 11.8 Å². The van der Waals surface area contributed by atoms with Gasteiger partial charge in [-0.1, -0.05) is 30.3 Å². The molecule has 0 saturated carbocycles. The first kappa shape index (κ1) is 14.4. The van der Waals surface area contributed by atoms with Crippen molar-refractivity contribution in [2.75, 3.05) is 20.1 Å². The first-order valence-electron chi connectivity index (χ1n) is 8.13. The van der Waals surface area contributed by atoms with Gasteiger partial charge in [-0.05, 0) is 24.4 Å². The molecule has 0 radical (unpaired) electrons. The van der Waals surface area contributed by atoms with Crippen LogP contribution in [0.15, 0.2) is 30.3 Å². The lowest BCUT2D eigenvalue weighted by Crippen LogP contribution is -2.32. The average molecular weight is 311 g/mol. The molecule has 2 aliphatic rings. The third kappa shape index (κ3) is 2.74. The highest BCUT2D eigenvalue weighted by Crippen LogP contribution is 2.31. The summed E-state index contributed by atoms with van der Waals surface area (Å²) >= 11 is 0. The highest BCUT2D eigenvalue weighted by molar-refractivity contribution is 5.90. The number of nitrogens with zero attached hydrogens (tertiary/aromatic N) is 4. The van der Waals surface area contributed by atoms with E-state index < -0.39 is 0 Å². The fourth-order valence-corrected chi connectivity index (χ4v) is 3.78. The van der Waals surface area contributed by atoms with Crippen molar-refractivity contribution in [2.45, 2.75) is 19.5 Å². The Morgan fingerprint density at radius 3 is 2.78 bits per heavy atom. The topological polar surface area (TPSA) is 63.1 Å². The number of hydrogen-bond donors (Lipinski definition) is 1. The Hall–Kier alpha value is -2.21. The molecule has 23 heavy (non-hydrogen) atoms. The Labute approximate surface area is 135 Å². The summed E-state index contributed by atoms with van der Waals surface area (Å²) in [5, 5.41) is 11.3. The molecule has 6 nitrogen and oxygen atoms in total. The van der Waals surface area contributed by atoms with Gasteiger partial charge in [0.25, 0.3) is 5.91 Å². The summed E-state index contributed by atoms with van der Waals surface area (Å²) in [5.41, 5.74) is 1.08. The zero-order chi connectivity index (χ0) is 15.8. The second-order valence-electron chi connectivity index (χ2n) is 6.66. The SMILES string of the molecule is CN1C[C@H]2Cc3nnc(C(=O)NCc4ccccc4)n3C[C@H]2C1. The van der Waals surface area contributed by atoms with Crippen LogP contribution < -0.4 is 5.32 Å². The number of aromatic nitrogens is 3. The summed E-state index contributed by atoms with van der Waals surface area (Å²) in [5.74, 6) is 2.51. The third-order valence-electron chi connectivity index (χ3n) is 4.95. The van der Waals surface area contributed by atoms with Crippen molar-refractivity contribution in [1.82, 2.24) is 25.0 Å². The van der Waals surface area contributed by atoms with Crippen LogP contribution in [-0.2, 0) is 19.5 Å². The quantitative estimate of drug-likeness (QED) is 0.916. The highest BCUT2D eigenvalue weighted by Gasteiger charge is 2.37. The van der Waals surface area contributed by atoms with E-state index in [9.17, 15) is 4.79 Å². The number of fused-ring (bicyclic) bond motifs is 2. The maximum atomic E-state index is 12.5. The molecule has 1 fully saturated rings. The zero-order valence-corrected chi connectivity index (χ0v) is 13.3. The Morgan fingerprint density at radius 2 is 1.96 bits per heavy atom. The second-order valence-corrected chi connectivity index (χ2v) is 6.66. The van der Waals surface area contributed by atoms with Crippen LogP contribution in [0.3, 0.4) is 0 Å². The van der Waals surface area contributed by atoms with Gasteiger partial charge in [-0.3, -0.25) is 4.79 Å². The van der Waals surface area contributed by atoms with Crippen molar-refractivity contribution in [3.8, 4) is 0 Å². The number of benzene rings is 1. The fraction of sp³-hybridized carbons (Fsp3) is 0.471. The predicted molar refractivity (Wildman–Crippen MR) is 85.8 cm³/mol. The molecule has 4 rings (SSSR count). The summed E-state index contributed by atoms with van der Waals surface area (Å²) in [6.45, 7) is 3.57. The first-order valence-corrected chi connectivity index (χ1v) is 8.13. The molecule has 1 aromatic heterocycles. The van der Waals surface area contributed by atoms with E-state index in [4.69, 9.17) is 0 Å². The molecule has 0 aliphatic carbocycles. The molecular formula is C17H21N5O. The molecule has 0 unspecified atom stereocenters. The van der Waals surface area contributed by atoms with E-state index in [1.807, 2.05) is 34.9 Å². The van der Waals surface area contributed by atoms with Gasteiger partial charge in [0.15, 0.2) is 0 Å². The van der Waals surface area contributed by atoms with Crippen molar-refractivity contribution in [1.29, 1.82) is 0 Å². The van der Waals surface area contributed by atoms with Gasteiger partial charge in [-0.2, -0.15) is 0 Å². The van der Waals surface area contributed by atoms with Crippen molar-refractivity contribution >= 4 is 5.91 Å². The van der Waals surface area contributed by atoms with Gasteiger partial charge < -0.3 is 14.8 Å². The van der Waals surface area contributed by atoms with Crippen LogP contribution in [-0.4, -0.2) is 45.7 Å². The van der Waals surface area contributed by atoms with Crippen LogP contribution in [0.4, 0.5) is 0 Å². The van der Waals surface area contributed by atoms with Gasteiger partial charge in [0.2, 0.25) is 5.82 Å². The van der Waals surface area contributed by atoms with Gasteiger partial charge in [0.05, 0.1) is 0 Å². The van der Waals surface area contributed by atoms with Crippen molar-refractivity contribution in [3.63, 3.8) is 0 Å². The van der Waals surface area contributed by atoms with E-state index in [1.54, 1.807) is 0 Å². The fourth-order valence-electron chi connectivity index (χ4n) is 3.78. The maximum Gasteiger partial charge on any atom is 0.289 e. The number of likely N-dealkylation sites (tertiary alicyclic amines) is 1. The monoisotopic (exact) mass is 311 g/mol. The lowest BCUT2D eigenvalue weighted by molar-refractivity contribution is 0.0932. The van der Waals surface area contributed by atoms with E-state index in [2.05, 4.69) is 27.5 Å². The number of amides is 1. The lowest BCUT2D eigenvalue weighted by atomic mass is 9.89. The Kier molecular flexibility index (Phi) is 3.61. The molecule has 1 N–H and O–H groups in total. The van der Waals surface area contributed by atoms with Crippen molar-refractivity contribution < 1.29 is 4.79 Å². The number of carbonyl (C=O) groups excluding carboxylic acids is 1. The minimum absolute atomic E-state index is 0.141. The molecule has 1 saturated heterocycles. The van der Waals surface area contributed by atoms with Crippen LogP contribution in [0.2, 0.25) is 0 Å². The van der Waals surface area contributed by atoms with Gasteiger partial charge in [0, 0.05) is 32.6 Å². The zero-order valence-electron chi connectivity index (χ0n) is 13.3. The van der Waals surface area contributed by atoms with Gasteiger partial charge in [-0.25, -0.2) is 0 Å². The molecule has 6 heteroatoms. The molecule has 2 atom stereocenters. The summed E-state index contributed by atoms with van der Waals surface area (Å²) in [6, 6.07) is 9.90. The Balaban J connectivity index is 1.47. The van der Waals surface area contributed by atoms with E-state index >= 15 is 0 Å². The molecule has 1 amide bonds. The molecule has 0 spiro atoms. The van der Waals surface area contributed by atoms with E-state index in [1.165, 1.54) is 0 Å². The average Bonchev–Trinajstić information content (AvgIpc) is 3.12. The number of nitrogens with one attached hydrogen (secondary N) is 1. The minimum Gasteiger partial charge on any atom is -0.345 e. The van der Waals surface area contributed by atoms with Crippen molar-refractivity contribution in [3.05, 3.63) is 47.5 Å². The molecule has 0 bridgehead atoms. The summed E-state index contributed by atoms with van der Waals surface area (Å²) < 4.78 is 2.01. The number of hydrogen-bond acceptors (Lipinski definition) is 4. The Bertz CT molecular complexity index is 711. The predicted octanol–water partition coefficient (Wildman–Crippen LogP) is 0.942. The summed E-state index contributed by atoms with van der Waals surface area (Å²) in [7, 11) is 2.16. The molecule has 3 heterocycles. The van der Waals surface area contributed by atoms with Gasteiger partial charge in [-0.15, -0.1) is 10.2 Å². The molecule has 2 aliphatic heterocycles.